The van der Waals surface area contributed by atoms with Crippen molar-refractivity contribution in [2.45, 2.75) is 18.4 Å². The maximum Gasteiger partial charge on any atom is 0.322 e. The lowest BCUT2D eigenvalue weighted by molar-refractivity contribution is -0.139. The Bertz CT molecular complexity index is 618. The molecule has 0 heterocycles. The zero-order chi connectivity index (χ0) is 15.9. The highest BCUT2D eigenvalue weighted by Gasteiger charge is 2.29. The Labute approximate surface area is 135 Å². The highest BCUT2D eigenvalue weighted by Crippen LogP contribution is 2.29. The fourth-order valence-corrected chi connectivity index (χ4v) is 2.84. The van der Waals surface area contributed by atoms with E-state index in [0.29, 0.717) is 6.42 Å². The van der Waals surface area contributed by atoms with Crippen molar-refractivity contribution < 1.29 is 14.6 Å². The number of carboxylic acids is 1. The van der Waals surface area contributed by atoms with Crippen molar-refractivity contribution in [1.29, 1.82) is 0 Å². The standard InChI is InChI=1S/C17H19NO3S/c1-21-15-10-6-5-9-13(15)11-14(16(18-22)17(19)20)12-7-3-2-4-8-12/h2-10,14,16,18,22H,11H2,1H3,(H,19,20)/t14?,16-/m1/s1. The van der Waals surface area contributed by atoms with Crippen LogP contribution in [-0.2, 0) is 11.2 Å². The van der Waals surface area contributed by atoms with E-state index in [4.69, 9.17) is 4.74 Å². The van der Waals surface area contributed by atoms with Gasteiger partial charge in [0.25, 0.3) is 0 Å². The Hall–Kier alpha value is -1.98. The summed E-state index contributed by atoms with van der Waals surface area (Å²) in [5.74, 6) is -0.432. The molecule has 22 heavy (non-hydrogen) atoms. The molecule has 0 fully saturated rings. The molecule has 0 aliphatic rings. The maximum atomic E-state index is 11.5. The number of nitrogens with one attached hydrogen (secondary N) is 1. The summed E-state index contributed by atoms with van der Waals surface area (Å²) in [6.45, 7) is 0. The van der Waals surface area contributed by atoms with E-state index in [1.165, 1.54) is 0 Å². The van der Waals surface area contributed by atoms with Crippen LogP contribution in [0.2, 0.25) is 0 Å². The number of hydrogen-bond donors (Lipinski definition) is 3. The molecular weight excluding hydrogens is 298 g/mol. The molecule has 2 aromatic carbocycles. The van der Waals surface area contributed by atoms with Crippen molar-refractivity contribution in [3.8, 4) is 5.75 Å². The third kappa shape index (κ3) is 3.81. The molecule has 0 saturated carbocycles. The van der Waals surface area contributed by atoms with Gasteiger partial charge < -0.3 is 9.84 Å². The summed E-state index contributed by atoms with van der Waals surface area (Å²) in [5, 5.41) is 9.47. The first-order valence-electron chi connectivity index (χ1n) is 6.96. The van der Waals surface area contributed by atoms with E-state index < -0.39 is 12.0 Å². The maximum absolute atomic E-state index is 11.5. The number of thiol groups is 1. The smallest absolute Gasteiger partial charge is 0.322 e. The van der Waals surface area contributed by atoms with E-state index in [1.807, 2.05) is 54.6 Å². The lowest BCUT2D eigenvalue weighted by Crippen LogP contribution is -2.38. The third-order valence-corrected chi connectivity index (χ3v) is 3.95. The normalized spacial score (nSPS) is 13.4. The average Bonchev–Trinajstić information content (AvgIpc) is 2.55. The molecule has 0 aliphatic carbocycles. The Kier molecular flexibility index (Phi) is 5.86. The number of carbonyl (C=O) groups is 1. The molecule has 2 rings (SSSR count). The highest BCUT2D eigenvalue weighted by molar-refractivity contribution is 7.78. The van der Waals surface area contributed by atoms with Crippen molar-refractivity contribution in [3.63, 3.8) is 0 Å². The molecule has 4 nitrogen and oxygen atoms in total. The van der Waals surface area contributed by atoms with Gasteiger partial charge in [-0.3, -0.25) is 9.52 Å². The Morgan fingerprint density at radius 3 is 2.41 bits per heavy atom. The van der Waals surface area contributed by atoms with Crippen LogP contribution < -0.4 is 9.46 Å². The first-order valence-corrected chi connectivity index (χ1v) is 7.41. The van der Waals surface area contributed by atoms with Gasteiger partial charge in [-0.1, -0.05) is 61.3 Å². The van der Waals surface area contributed by atoms with Crippen LogP contribution in [0.1, 0.15) is 17.0 Å². The summed E-state index contributed by atoms with van der Waals surface area (Å²) in [6, 6.07) is 16.4. The number of benzene rings is 2. The van der Waals surface area contributed by atoms with Crippen molar-refractivity contribution in [3.05, 3.63) is 65.7 Å². The van der Waals surface area contributed by atoms with Gasteiger partial charge in [-0.2, -0.15) is 0 Å². The SMILES string of the molecule is COc1ccccc1CC(c1ccccc1)[C@@H](NS)C(=O)O. The summed E-state index contributed by atoms with van der Waals surface area (Å²) in [6.07, 6.45) is 0.540. The molecule has 2 N–H and O–H groups in total. The molecule has 0 aromatic heterocycles. The molecule has 0 saturated heterocycles. The number of methoxy groups -OCH3 is 1. The van der Waals surface area contributed by atoms with E-state index in [-0.39, 0.29) is 5.92 Å². The van der Waals surface area contributed by atoms with Gasteiger partial charge in [-0.25, -0.2) is 0 Å². The van der Waals surface area contributed by atoms with Crippen LogP contribution >= 0.6 is 12.8 Å². The number of hydrogen-bond acceptors (Lipinski definition) is 4. The number of carboxylic acid groups (broad SMARTS) is 1. The van der Waals surface area contributed by atoms with Crippen molar-refractivity contribution in [1.82, 2.24) is 4.72 Å². The minimum atomic E-state index is -0.932. The number of aliphatic carboxylic acids is 1. The van der Waals surface area contributed by atoms with Crippen LogP contribution in [-0.4, -0.2) is 24.2 Å². The van der Waals surface area contributed by atoms with E-state index in [9.17, 15) is 9.90 Å². The monoisotopic (exact) mass is 317 g/mol. The van der Waals surface area contributed by atoms with Gasteiger partial charge in [0.1, 0.15) is 11.8 Å². The lowest BCUT2D eigenvalue weighted by atomic mass is 9.86. The van der Waals surface area contributed by atoms with Crippen LogP contribution in [0.25, 0.3) is 0 Å². The van der Waals surface area contributed by atoms with Gasteiger partial charge in [0.15, 0.2) is 0 Å². The molecule has 0 spiro atoms. The second kappa shape index (κ2) is 7.87. The summed E-state index contributed by atoms with van der Waals surface area (Å²) in [4.78, 5) is 11.5. The second-order valence-corrected chi connectivity index (χ2v) is 5.24. The molecule has 0 amide bonds. The van der Waals surface area contributed by atoms with Crippen molar-refractivity contribution in [2.24, 2.45) is 0 Å². The number of para-hydroxylation sites is 1. The van der Waals surface area contributed by atoms with E-state index in [1.54, 1.807) is 7.11 Å². The number of ether oxygens (including phenoxy) is 1. The summed E-state index contributed by atoms with van der Waals surface area (Å²) < 4.78 is 7.98. The fourth-order valence-electron chi connectivity index (χ4n) is 2.55. The van der Waals surface area contributed by atoms with Crippen LogP contribution in [0, 0.1) is 0 Å². The van der Waals surface area contributed by atoms with E-state index >= 15 is 0 Å². The second-order valence-electron chi connectivity index (χ2n) is 4.98. The molecule has 5 heteroatoms. The Morgan fingerprint density at radius 1 is 1.18 bits per heavy atom. The molecule has 2 atom stereocenters. The molecule has 0 aliphatic heterocycles. The number of rotatable bonds is 7. The van der Waals surface area contributed by atoms with Gasteiger partial charge in [0.05, 0.1) is 7.11 Å². The molecule has 0 radical (unpaired) electrons. The highest BCUT2D eigenvalue weighted by atomic mass is 32.1. The minimum Gasteiger partial charge on any atom is -0.496 e. The molecule has 1 unspecified atom stereocenters. The van der Waals surface area contributed by atoms with Crippen molar-refractivity contribution >= 4 is 18.8 Å². The first-order chi connectivity index (χ1) is 10.7. The zero-order valence-corrected chi connectivity index (χ0v) is 13.2. The molecular formula is C17H19NO3S. The predicted octanol–water partition coefficient (Wildman–Crippen LogP) is 2.91. The zero-order valence-electron chi connectivity index (χ0n) is 12.3. The van der Waals surface area contributed by atoms with Crippen LogP contribution in [0.4, 0.5) is 0 Å². The third-order valence-electron chi connectivity index (χ3n) is 3.67. The first kappa shape index (κ1) is 16.4. The minimum absolute atomic E-state index is 0.257. The van der Waals surface area contributed by atoms with Crippen molar-refractivity contribution in [2.75, 3.05) is 7.11 Å². The predicted molar refractivity (Wildman–Crippen MR) is 89.4 cm³/mol. The molecule has 2 aromatic rings. The Balaban J connectivity index is 2.38. The van der Waals surface area contributed by atoms with Gasteiger partial charge >= 0.3 is 5.97 Å². The van der Waals surface area contributed by atoms with Crippen LogP contribution in [0.15, 0.2) is 54.6 Å². The molecule has 116 valence electrons. The quantitative estimate of drug-likeness (QED) is 0.687. The van der Waals surface area contributed by atoms with E-state index in [2.05, 4.69) is 17.5 Å². The largest absolute Gasteiger partial charge is 0.496 e. The average molecular weight is 317 g/mol. The summed E-state index contributed by atoms with van der Waals surface area (Å²) >= 11 is 4.00. The van der Waals surface area contributed by atoms with Gasteiger partial charge in [-0.15, -0.1) is 0 Å². The van der Waals surface area contributed by atoms with Gasteiger partial charge in [0.2, 0.25) is 0 Å². The van der Waals surface area contributed by atoms with E-state index in [0.717, 1.165) is 16.9 Å². The van der Waals surface area contributed by atoms with Crippen LogP contribution in [0.3, 0.4) is 0 Å². The van der Waals surface area contributed by atoms with Gasteiger partial charge in [0, 0.05) is 5.92 Å². The Morgan fingerprint density at radius 2 is 1.82 bits per heavy atom. The van der Waals surface area contributed by atoms with Crippen LogP contribution in [0.5, 0.6) is 5.75 Å². The summed E-state index contributed by atoms with van der Waals surface area (Å²) in [5.41, 5.74) is 1.91. The lowest BCUT2D eigenvalue weighted by Gasteiger charge is -2.24. The fraction of sp³-hybridized carbons (Fsp3) is 0.235. The van der Waals surface area contributed by atoms with Gasteiger partial charge in [-0.05, 0) is 23.6 Å². The molecule has 0 bridgehead atoms. The summed E-state index contributed by atoms with van der Waals surface area (Å²) in [7, 11) is 1.61. The topological polar surface area (TPSA) is 58.6 Å².